The van der Waals surface area contributed by atoms with E-state index in [9.17, 15) is 4.79 Å². The summed E-state index contributed by atoms with van der Waals surface area (Å²) in [6.07, 6.45) is 3.97. The molecule has 0 saturated heterocycles. The molecular weight excluding hydrogens is 468 g/mol. The molecule has 4 aromatic rings. The number of aryl methyl sites for hydroxylation is 1. The van der Waals surface area contributed by atoms with Gasteiger partial charge in [0.1, 0.15) is 5.82 Å². The minimum absolute atomic E-state index is 0.130. The van der Waals surface area contributed by atoms with Crippen LogP contribution in [0.4, 0.5) is 5.82 Å². The summed E-state index contributed by atoms with van der Waals surface area (Å²) in [5, 5.41) is 7.88. The number of oxazole rings is 1. The lowest BCUT2D eigenvalue weighted by molar-refractivity contribution is -0.116. The number of nitrogens with zero attached hydrogens (tertiary/aromatic N) is 3. The van der Waals surface area contributed by atoms with Crippen LogP contribution in [0.25, 0.3) is 11.3 Å². The summed E-state index contributed by atoms with van der Waals surface area (Å²) < 4.78 is 8.50. The predicted octanol–water partition coefficient (Wildman–Crippen LogP) is 5.57. The second-order valence-electron chi connectivity index (χ2n) is 6.64. The number of hydrogen-bond donors (Lipinski definition) is 1. The van der Waals surface area contributed by atoms with Gasteiger partial charge in [-0.3, -0.25) is 4.79 Å². The molecule has 2 heterocycles. The average Bonchev–Trinajstić information content (AvgIpc) is 3.39. The van der Waals surface area contributed by atoms with Crippen molar-refractivity contribution >= 4 is 39.3 Å². The Hall–Kier alpha value is -2.90. The zero-order valence-corrected chi connectivity index (χ0v) is 18.2. The zero-order chi connectivity index (χ0) is 20.9. The van der Waals surface area contributed by atoms with Crippen molar-refractivity contribution < 1.29 is 9.21 Å². The summed E-state index contributed by atoms with van der Waals surface area (Å²) in [6, 6.07) is 17.0. The molecule has 0 fully saturated rings. The highest BCUT2D eigenvalue weighted by atomic mass is 79.9. The molecule has 0 radical (unpaired) electrons. The Morgan fingerprint density at radius 3 is 2.73 bits per heavy atom. The van der Waals surface area contributed by atoms with E-state index in [0.717, 1.165) is 15.6 Å². The largest absolute Gasteiger partial charge is 0.441 e. The summed E-state index contributed by atoms with van der Waals surface area (Å²) in [6.45, 7) is 0.550. The van der Waals surface area contributed by atoms with Crippen molar-refractivity contribution in [2.24, 2.45) is 0 Å². The second kappa shape index (κ2) is 9.28. The van der Waals surface area contributed by atoms with Crippen molar-refractivity contribution in [3.05, 3.63) is 87.9 Å². The number of anilines is 1. The highest BCUT2D eigenvalue weighted by Crippen LogP contribution is 2.23. The van der Waals surface area contributed by atoms with Gasteiger partial charge in [-0.25, -0.2) is 9.67 Å². The molecule has 1 amide bonds. The second-order valence-corrected chi connectivity index (χ2v) is 7.93. The first-order valence-electron chi connectivity index (χ1n) is 9.34. The fourth-order valence-electron chi connectivity index (χ4n) is 2.95. The first-order valence-corrected chi connectivity index (χ1v) is 10.5. The van der Waals surface area contributed by atoms with E-state index in [4.69, 9.17) is 16.0 Å². The van der Waals surface area contributed by atoms with Gasteiger partial charge in [0.25, 0.3) is 0 Å². The highest BCUT2D eigenvalue weighted by molar-refractivity contribution is 9.10. The van der Waals surface area contributed by atoms with Gasteiger partial charge >= 0.3 is 0 Å². The fraction of sp³-hybridized carbons (Fsp3) is 0.136. The molecule has 8 heteroatoms. The third-order valence-electron chi connectivity index (χ3n) is 4.51. The van der Waals surface area contributed by atoms with Crippen LogP contribution in [-0.2, 0) is 17.8 Å². The van der Waals surface area contributed by atoms with Gasteiger partial charge < -0.3 is 9.73 Å². The van der Waals surface area contributed by atoms with E-state index < -0.39 is 0 Å². The maximum Gasteiger partial charge on any atom is 0.226 e. The quantitative estimate of drug-likeness (QED) is 0.371. The van der Waals surface area contributed by atoms with Gasteiger partial charge in [-0.05, 0) is 35.9 Å². The zero-order valence-electron chi connectivity index (χ0n) is 15.9. The Labute approximate surface area is 187 Å². The normalized spacial score (nSPS) is 10.9. The first kappa shape index (κ1) is 20.4. The van der Waals surface area contributed by atoms with E-state index in [1.165, 1.54) is 0 Å². The summed E-state index contributed by atoms with van der Waals surface area (Å²) in [5.41, 5.74) is 1.96. The Kier molecular flexibility index (Phi) is 6.30. The Balaban J connectivity index is 1.34. The molecule has 4 rings (SSSR count). The topological polar surface area (TPSA) is 73.0 Å². The number of halogens is 2. The minimum Gasteiger partial charge on any atom is -0.441 e. The molecule has 30 heavy (non-hydrogen) atoms. The van der Waals surface area contributed by atoms with Gasteiger partial charge in [-0.1, -0.05) is 45.7 Å². The SMILES string of the molecule is O=C(CCc1ncc(-c2ccc(Cl)cc2)o1)Nc1ccnn1Cc1ccccc1Br. The Morgan fingerprint density at radius 2 is 1.93 bits per heavy atom. The summed E-state index contributed by atoms with van der Waals surface area (Å²) >= 11 is 9.45. The highest BCUT2D eigenvalue weighted by Gasteiger charge is 2.12. The number of amides is 1. The lowest BCUT2D eigenvalue weighted by Crippen LogP contribution is -2.16. The van der Waals surface area contributed by atoms with Gasteiger partial charge in [0.15, 0.2) is 11.7 Å². The molecule has 2 aromatic carbocycles. The monoisotopic (exact) mass is 484 g/mol. The van der Waals surface area contributed by atoms with Crippen LogP contribution in [0.3, 0.4) is 0 Å². The van der Waals surface area contributed by atoms with Crippen LogP contribution in [-0.4, -0.2) is 20.7 Å². The van der Waals surface area contributed by atoms with Crippen LogP contribution in [0.2, 0.25) is 5.02 Å². The molecule has 0 saturated carbocycles. The molecule has 0 unspecified atom stereocenters. The minimum atomic E-state index is -0.130. The number of nitrogens with one attached hydrogen (secondary N) is 1. The molecule has 0 bridgehead atoms. The third-order valence-corrected chi connectivity index (χ3v) is 5.54. The molecule has 1 N–H and O–H groups in total. The molecule has 152 valence electrons. The lowest BCUT2D eigenvalue weighted by Gasteiger charge is -2.10. The van der Waals surface area contributed by atoms with E-state index in [0.29, 0.717) is 35.5 Å². The van der Waals surface area contributed by atoms with Gasteiger partial charge in [0.2, 0.25) is 5.91 Å². The summed E-state index contributed by atoms with van der Waals surface area (Å²) in [5.74, 6) is 1.67. The van der Waals surface area contributed by atoms with Crippen molar-refractivity contribution in [1.82, 2.24) is 14.8 Å². The fourth-order valence-corrected chi connectivity index (χ4v) is 3.49. The van der Waals surface area contributed by atoms with Crippen LogP contribution < -0.4 is 5.32 Å². The standard InChI is InChI=1S/C22H18BrClN4O2/c23-18-4-2-1-3-16(18)14-28-20(11-12-26-28)27-21(29)9-10-22-25-13-19(30-22)15-5-7-17(24)8-6-15/h1-8,11-13H,9-10,14H2,(H,27,29). The van der Waals surface area contributed by atoms with Crippen molar-refractivity contribution in [3.63, 3.8) is 0 Å². The molecule has 6 nitrogen and oxygen atoms in total. The number of rotatable bonds is 7. The van der Waals surface area contributed by atoms with E-state index >= 15 is 0 Å². The van der Waals surface area contributed by atoms with Crippen molar-refractivity contribution in [1.29, 1.82) is 0 Å². The molecule has 0 aliphatic carbocycles. The van der Waals surface area contributed by atoms with Crippen LogP contribution in [0.15, 0.2) is 75.9 Å². The predicted molar refractivity (Wildman–Crippen MR) is 119 cm³/mol. The Morgan fingerprint density at radius 1 is 1.13 bits per heavy atom. The maximum absolute atomic E-state index is 12.4. The number of hydrogen-bond acceptors (Lipinski definition) is 4. The van der Waals surface area contributed by atoms with Crippen LogP contribution >= 0.6 is 27.5 Å². The van der Waals surface area contributed by atoms with Gasteiger partial charge in [-0.15, -0.1) is 0 Å². The summed E-state index contributed by atoms with van der Waals surface area (Å²) in [7, 11) is 0. The Bertz CT molecular complexity index is 1150. The van der Waals surface area contributed by atoms with E-state index in [1.54, 1.807) is 35.3 Å². The van der Waals surface area contributed by atoms with Gasteiger partial charge in [-0.2, -0.15) is 5.10 Å². The molecule has 0 atom stereocenters. The number of carbonyl (C=O) groups excluding carboxylic acids is 1. The third kappa shape index (κ3) is 4.98. The molecule has 2 aromatic heterocycles. The van der Waals surface area contributed by atoms with Crippen LogP contribution in [0.1, 0.15) is 17.9 Å². The first-order chi connectivity index (χ1) is 14.6. The van der Waals surface area contributed by atoms with Crippen molar-refractivity contribution in [3.8, 4) is 11.3 Å². The van der Waals surface area contributed by atoms with Crippen LogP contribution in [0.5, 0.6) is 0 Å². The number of carbonyl (C=O) groups is 1. The van der Waals surface area contributed by atoms with Gasteiger partial charge in [0, 0.05) is 34.0 Å². The molecular formula is C22H18BrClN4O2. The molecule has 0 aliphatic heterocycles. The van der Waals surface area contributed by atoms with Gasteiger partial charge in [0.05, 0.1) is 18.9 Å². The smallest absolute Gasteiger partial charge is 0.226 e. The maximum atomic E-state index is 12.4. The molecule has 0 aliphatic rings. The van der Waals surface area contributed by atoms with Crippen molar-refractivity contribution in [2.45, 2.75) is 19.4 Å². The van der Waals surface area contributed by atoms with Crippen LogP contribution in [0, 0.1) is 0 Å². The van der Waals surface area contributed by atoms with Crippen molar-refractivity contribution in [2.75, 3.05) is 5.32 Å². The van der Waals surface area contributed by atoms with E-state index in [2.05, 4.69) is 31.3 Å². The summed E-state index contributed by atoms with van der Waals surface area (Å²) in [4.78, 5) is 16.7. The number of benzene rings is 2. The van der Waals surface area contributed by atoms with E-state index in [1.807, 2.05) is 36.4 Å². The molecule has 0 spiro atoms. The number of aromatic nitrogens is 3. The van der Waals surface area contributed by atoms with E-state index in [-0.39, 0.29) is 12.3 Å². The average molecular weight is 486 g/mol. The lowest BCUT2D eigenvalue weighted by atomic mass is 10.2.